The van der Waals surface area contributed by atoms with Gasteiger partial charge in [-0.25, -0.2) is 0 Å². The van der Waals surface area contributed by atoms with E-state index in [1.165, 1.54) is 5.56 Å². The lowest BCUT2D eigenvalue weighted by Gasteiger charge is -2.30. The van der Waals surface area contributed by atoms with E-state index in [9.17, 15) is 9.59 Å². The summed E-state index contributed by atoms with van der Waals surface area (Å²) in [7, 11) is 0. The molecule has 1 heterocycles. The molecule has 2 atom stereocenters. The predicted molar refractivity (Wildman–Crippen MR) is 99.9 cm³/mol. The number of nitrogens with two attached hydrogens (primary N) is 1. The number of likely N-dealkylation sites (tertiary alicyclic amines) is 1. The average molecular weight is 345 g/mol. The van der Waals surface area contributed by atoms with Crippen molar-refractivity contribution in [3.05, 3.63) is 35.4 Å². The smallest absolute Gasteiger partial charge is 0.234 e. The maximum Gasteiger partial charge on any atom is 0.234 e. The summed E-state index contributed by atoms with van der Waals surface area (Å²) in [5.74, 6) is 0.230. The van der Waals surface area contributed by atoms with Crippen molar-refractivity contribution in [3.63, 3.8) is 0 Å². The SMILES string of the molecule is CC(C)Cc1ccc([C@H](C)NC(=O)CN2CCC[C@H](C(N)=O)C2)cc1. The highest BCUT2D eigenvalue weighted by atomic mass is 16.2. The van der Waals surface area contributed by atoms with Gasteiger partial charge in [-0.3, -0.25) is 14.5 Å². The van der Waals surface area contributed by atoms with Crippen molar-refractivity contribution >= 4 is 11.8 Å². The summed E-state index contributed by atoms with van der Waals surface area (Å²) >= 11 is 0. The van der Waals surface area contributed by atoms with Crippen molar-refractivity contribution in [2.24, 2.45) is 17.6 Å². The van der Waals surface area contributed by atoms with E-state index in [-0.39, 0.29) is 23.8 Å². The molecule has 1 aromatic rings. The van der Waals surface area contributed by atoms with Crippen LogP contribution in [0.2, 0.25) is 0 Å². The van der Waals surface area contributed by atoms with Gasteiger partial charge in [0.15, 0.2) is 0 Å². The average Bonchev–Trinajstić information content (AvgIpc) is 2.55. The van der Waals surface area contributed by atoms with Crippen LogP contribution in [0.5, 0.6) is 0 Å². The van der Waals surface area contributed by atoms with Gasteiger partial charge in [0.25, 0.3) is 0 Å². The van der Waals surface area contributed by atoms with E-state index in [4.69, 9.17) is 5.73 Å². The number of carbonyl (C=O) groups excluding carboxylic acids is 2. The van der Waals surface area contributed by atoms with Crippen LogP contribution in [0.4, 0.5) is 0 Å². The first kappa shape index (κ1) is 19.4. The molecule has 5 nitrogen and oxygen atoms in total. The van der Waals surface area contributed by atoms with Gasteiger partial charge >= 0.3 is 0 Å². The topological polar surface area (TPSA) is 75.4 Å². The quantitative estimate of drug-likeness (QED) is 0.796. The molecule has 0 spiro atoms. The molecule has 1 saturated heterocycles. The van der Waals surface area contributed by atoms with Gasteiger partial charge in [0, 0.05) is 6.54 Å². The number of nitrogens with zero attached hydrogens (tertiary/aromatic N) is 1. The molecule has 2 amide bonds. The van der Waals surface area contributed by atoms with Crippen molar-refractivity contribution in [3.8, 4) is 0 Å². The van der Waals surface area contributed by atoms with Crippen LogP contribution in [-0.4, -0.2) is 36.3 Å². The molecule has 138 valence electrons. The standard InChI is InChI=1S/C20H31N3O2/c1-14(2)11-16-6-8-17(9-7-16)15(3)22-19(24)13-23-10-4-5-18(12-23)20(21)25/h6-9,14-15,18H,4-5,10-13H2,1-3H3,(H2,21,25)(H,22,24)/t15-,18-/m0/s1. The van der Waals surface area contributed by atoms with E-state index in [0.29, 0.717) is 19.0 Å². The van der Waals surface area contributed by atoms with Crippen LogP contribution in [0.3, 0.4) is 0 Å². The summed E-state index contributed by atoms with van der Waals surface area (Å²) < 4.78 is 0. The predicted octanol–water partition coefficient (Wildman–Crippen LogP) is 2.26. The molecule has 0 unspecified atom stereocenters. The van der Waals surface area contributed by atoms with E-state index in [0.717, 1.165) is 31.4 Å². The molecule has 1 fully saturated rings. The third-order valence-corrected chi connectivity index (χ3v) is 4.78. The lowest BCUT2D eigenvalue weighted by molar-refractivity contribution is -0.127. The van der Waals surface area contributed by atoms with Crippen LogP contribution in [0.1, 0.15) is 50.8 Å². The zero-order valence-corrected chi connectivity index (χ0v) is 15.6. The largest absolute Gasteiger partial charge is 0.369 e. The zero-order valence-electron chi connectivity index (χ0n) is 15.6. The first-order chi connectivity index (χ1) is 11.8. The fraction of sp³-hybridized carbons (Fsp3) is 0.600. The van der Waals surface area contributed by atoms with Gasteiger partial charge in [-0.05, 0) is 49.8 Å². The van der Waals surface area contributed by atoms with E-state index >= 15 is 0 Å². The highest BCUT2D eigenvalue weighted by Crippen LogP contribution is 2.17. The lowest BCUT2D eigenvalue weighted by Crippen LogP contribution is -2.45. The first-order valence-corrected chi connectivity index (χ1v) is 9.25. The summed E-state index contributed by atoms with van der Waals surface area (Å²) in [6.07, 6.45) is 2.80. The molecule has 1 aliphatic heterocycles. The second-order valence-corrected chi connectivity index (χ2v) is 7.61. The highest BCUT2D eigenvalue weighted by Gasteiger charge is 2.25. The van der Waals surface area contributed by atoms with Crippen molar-refractivity contribution in [1.82, 2.24) is 10.2 Å². The van der Waals surface area contributed by atoms with Crippen LogP contribution in [-0.2, 0) is 16.0 Å². The Morgan fingerprint density at radius 1 is 1.24 bits per heavy atom. The van der Waals surface area contributed by atoms with Crippen LogP contribution in [0.25, 0.3) is 0 Å². The minimum Gasteiger partial charge on any atom is -0.369 e. The number of benzene rings is 1. The molecule has 3 N–H and O–H groups in total. The number of primary amides is 1. The van der Waals surface area contributed by atoms with E-state index < -0.39 is 0 Å². The van der Waals surface area contributed by atoms with Gasteiger partial charge in [0.2, 0.25) is 11.8 Å². The summed E-state index contributed by atoms with van der Waals surface area (Å²) in [4.78, 5) is 25.7. The van der Waals surface area contributed by atoms with Crippen LogP contribution < -0.4 is 11.1 Å². The van der Waals surface area contributed by atoms with Crippen LogP contribution in [0.15, 0.2) is 24.3 Å². The Kier molecular flexibility index (Phi) is 7.00. The Hall–Kier alpha value is -1.88. The Labute approximate surface area is 151 Å². The van der Waals surface area contributed by atoms with Gasteiger partial charge in [0.05, 0.1) is 18.5 Å². The molecule has 0 bridgehead atoms. The van der Waals surface area contributed by atoms with Gasteiger partial charge in [-0.2, -0.15) is 0 Å². The first-order valence-electron chi connectivity index (χ1n) is 9.25. The highest BCUT2D eigenvalue weighted by molar-refractivity contribution is 5.79. The van der Waals surface area contributed by atoms with Gasteiger partial charge in [-0.15, -0.1) is 0 Å². The number of rotatable bonds is 7. The molecule has 0 saturated carbocycles. The Balaban J connectivity index is 1.84. The summed E-state index contributed by atoms with van der Waals surface area (Å²) in [5, 5.41) is 3.05. The maximum absolute atomic E-state index is 12.3. The van der Waals surface area contributed by atoms with Crippen LogP contribution >= 0.6 is 0 Å². The van der Waals surface area contributed by atoms with E-state index in [2.05, 4.69) is 43.4 Å². The third kappa shape index (κ3) is 6.16. The van der Waals surface area contributed by atoms with Gasteiger partial charge < -0.3 is 11.1 Å². The fourth-order valence-corrected chi connectivity index (χ4v) is 3.42. The molecule has 1 aliphatic rings. The minimum absolute atomic E-state index is 0.0103. The van der Waals surface area contributed by atoms with Crippen molar-refractivity contribution in [1.29, 1.82) is 0 Å². The summed E-state index contributed by atoms with van der Waals surface area (Å²) in [6.45, 7) is 8.16. The second kappa shape index (κ2) is 8.99. The van der Waals surface area contributed by atoms with Crippen LogP contribution in [0, 0.1) is 11.8 Å². The maximum atomic E-state index is 12.3. The molecular weight excluding hydrogens is 314 g/mol. The zero-order chi connectivity index (χ0) is 18.4. The Morgan fingerprint density at radius 3 is 2.52 bits per heavy atom. The Bertz CT molecular complexity index is 583. The summed E-state index contributed by atoms with van der Waals surface area (Å²) in [6, 6.07) is 8.43. The molecule has 1 aromatic carbocycles. The molecule has 5 heteroatoms. The second-order valence-electron chi connectivity index (χ2n) is 7.61. The summed E-state index contributed by atoms with van der Waals surface area (Å²) in [5.41, 5.74) is 7.82. The Morgan fingerprint density at radius 2 is 1.92 bits per heavy atom. The normalized spacial score (nSPS) is 19.6. The third-order valence-electron chi connectivity index (χ3n) is 4.78. The molecular formula is C20H31N3O2. The molecule has 0 radical (unpaired) electrons. The van der Waals surface area contributed by atoms with Crippen molar-refractivity contribution < 1.29 is 9.59 Å². The van der Waals surface area contributed by atoms with Crippen molar-refractivity contribution in [2.75, 3.05) is 19.6 Å². The molecule has 0 aliphatic carbocycles. The molecule has 25 heavy (non-hydrogen) atoms. The lowest BCUT2D eigenvalue weighted by atomic mass is 9.97. The number of hydrogen-bond donors (Lipinski definition) is 2. The van der Waals surface area contributed by atoms with E-state index in [1.807, 2.05) is 11.8 Å². The van der Waals surface area contributed by atoms with Gasteiger partial charge in [-0.1, -0.05) is 38.1 Å². The van der Waals surface area contributed by atoms with E-state index in [1.54, 1.807) is 0 Å². The van der Waals surface area contributed by atoms with Gasteiger partial charge in [0.1, 0.15) is 0 Å². The monoisotopic (exact) mass is 345 g/mol. The number of amides is 2. The number of carbonyl (C=O) groups is 2. The molecule has 0 aromatic heterocycles. The minimum atomic E-state index is -0.264. The number of nitrogens with one attached hydrogen (secondary N) is 1. The number of hydrogen-bond acceptors (Lipinski definition) is 3. The fourth-order valence-electron chi connectivity index (χ4n) is 3.42. The van der Waals surface area contributed by atoms with Crippen molar-refractivity contribution in [2.45, 2.75) is 46.1 Å². The number of piperidine rings is 1. The molecule has 2 rings (SSSR count).